The topological polar surface area (TPSA) is 71.7 Å². The largest absolute Gasteiger partial charge is 0.475 e. The predicted molar refractivity (Wildman–Crippen MR) is 89.2 cm³/mol. The van der Waals surface area contributed by atoms with Gasteiger partial charge in [-0.2, -0.15) is 0 Å². The maximum Gasteiger partial charge on any atom is 0.257 e. The zero-order chi connectivity index (χ0) is 16.9. The Bertz CT molecular complexity index is 674. The van der Waals surface area contributed by atoms with Crippen LogP contribution in [0.5, 0.6) is 5.88 Å². The number of aromatic nitrogens is 2. The molecule has 0 N–H and O–H groups in total. The van der Waals surface area contributed by atoms with Crippen LogP contribution in [0.1, 0.15) is 30.1 Å². The van der Waals surface area contributed by atoms with Crippen LogP contribution in [-0.2, 0) is 0 Å². The van der Waals surface area contributed by atoms with Crippen LogP contribution in [0, 0.1) is 0 Å². The van der Waals surface area contributed by atoms with E-state index in [0.717, 1.165) is 25.2 Å². The lowest BCUT2D eigenvalue weighted by Crippen LogP contribution is -2.39. The molecule has 24 heavy (non-hydrogen) atoms. The van der Waals surface area contributed by atoms with Crippen molar-refractivity contribution in [3.05, 3.63) is 36.5 Å². The highest BCUT2D eigenvalue weighted by molar-refractivity contribution is 5.93. The van der Waals surface area contributed by atoms with E-state index >= 15 is 0 Å². The molecule has 3 heterocycles. The van der Waals surface area contributed by atoms with Crippen molar-refractivity contribution in [3.8, 4) is 5.88 Å². The number of hydrogen-bond acceptors (Lipinski definition) is 6. The summed E-state index contributed by atoms with van der Waals surface area (Å²) < 4.78 is 10.7. The first-order valence-corrected chi connectivity index (χ1v) is 8.18. The van der Waals surface area contributed by atoms with Crippen molar-refractivity contribution in [2.45, 2.75) is 25.8 Å². The first-order chi connectivity index (χ1) is 11.7. The van der Waals surface area contributed by atoms with Crippen LogP contribution < -0.4 is 9.64 Å². The lowest BCUT2D eigenvalue weighted by atomic mass is 10.2. The Hall–Kier alpha value is -2.57. The van der Waals surface area contributed by atoms with Crippen molar-refractivity contribution in [1.82, 2.24) is 14.9 Å². The number of carbonyl (C=O) groups excluding carboxylic acids is 1. The van der Waals surface area contributed by atoms with Gasteiger partial charge in [-0.25, -0.2) is 9.97 Å². The molecular weight excluding hydrogens is 308 g/mol. The minimum Gasteiger partial charge on any atom is -0.475 e. The monoisotopic (exact) mass is 330 g/mol. The van der Waals surface area contributed by atoms with E-state index in [2.05, 4.69) is 21.8 Å². The number of rotatable bonds is 6. The maximum atomic E-state index is 12.4. The summed E-state index contributed by atoms with van der Waals surface area (Å²) >= 11 is 0. The fraction of sp³-hybridized carbons (Fsp3) is 0.471. The first-order valence-electron chi connectivity index (χ1n) is 8.18. The summed E-state index contributed by atoms with van der Waals surface area (Å²) in [6, 6.07) is 1.80. The molecule has 1 aliphatic rings. The number of hydrogen-bond donors (Lipinski definition) is 0. The molecule has 1 aliphatic heterocycles. The lowest BCUT2D eigenvalue weighted by molar-refractivity contribution is 0.0744. The molecule has 0 aliphatic carbocycles. The Labute approximate surface area is 141 Å². The third-order valence-corrected chi connectivity index (χ3v) is 4.19. The third kappa shape index (κ3) is 3.34. The molecule has 1 saturated heterocycles. The number of likely N-dealkylation sites (N-methyl/N-ethyl adjacent to an activating group) is 1. The minimum absolute atomic E-state index is 0.0304. The third-order valence-electron chi connectivity index (χ3n) is 4.19. The van der Waals surface area contributed by atoms with Crippen LogP contribution in [0.25, 0.3) is 0 Å². The van der Waals surface area contributed by atoms with Crippen molar-refractivity contribution < 1.29 is 13.9 Å². The van der Waals surface area contributed by atoms with Gasteiger partial charge >= 0.3 is 0 Å². The van der Waals surface area contributed by atoms with E-state index in [1.165, 1.54) is 12.5 Å². The molecule has 3 rings (SSSR count). The van der Waals surface area contributed by atoms with E-state index in [1.807, 2.05) is 7.05 Å². The number of furan rings is 1. The van der Waals surface area contributed by atoms with Crippen molar-refractivity contribution in [2.75, 3.05) is 31.6 Å². The van der Waals surface area contributed by atoms with E-state index in [0.29, 0.717) is 24.6 Å². The molecule has 7 nitrogen and oxygen atoms in total. The summed E-state index contributed by atoms with van der Waals surface area (Å²) in [5, 5.41) is 0. The van der Waals surface area contributed by atoms with Gasteiger partial charge in [0.2, 0.25) is 0 Å². The highest BCUT2D eigenvalue weighted by Gasteiger charge is 2.31. The van der Waals surface area contributed by atoms with Crippen molar-refractivity contribution >= 4 is 11.7 Å². The molecule has 0 spiro atoms. The van der Waals surface area contributed by atoms with Gasteiger partial charge in [-0.3, -0.25) is 4.79 Å². The zero-order valence-corrected chi connectivity index (χ0v) is 14.0. The number of ether oxygens (including phenoxy) is 1. The maximum absolute atomic E-state index is 12.4. The van der Waals surface area contributed by atoms with Gasteiger partial charge < -0.3 is 19.0 Å². The molecule has 2 aromatic heterocycles. The molecule has 0 saturated carbocycles. The Balaban J connectivity index is 1.68. The molecule has 0 unspecified atom stereocenters. The molecule has 0 radical (unpaired) electrons. The summed E-state index contributed by atoms with van der Waals surface area (Å²) in [6.07, 6.45) is 8.09. The average Bonchev–Trinajstić information content (AvgIpc) is 3.30. The first kappa shape index (κ1) is 16.3. The molecule has 1 amide bonds. The molecular formula is C17H22N4O3. The average molecular weight is 330 g/mol. The van der Waals surface area contributed by atoms with Crippen LogP contribution in [0.15, 0.2) is 35.4 Å². The van der Waals surface area contributed by atoms with Gasteiger partial charge in [0.1, 0.15) is 6.26 Å². The van der Waals surface area contributed by atoms with E-state index in [1.54, 1.807) is 23.4 Å². The summed E-state index contributed by atoms with van der Waals surface area (Å²) in [5.41, 5.74) is 0.572. The van der Waals surface area contributed by atoms with Crippen molar-refractivity contribution in [3.63, 3.8) is 0 Å². The van der Waals surface area contributed by atoms with Gasteiger partial charge in [0.05, 0.1) is 24.5 Å². The van der Waals surface area contributed by atoms with E-state index in [4.69, 9.17) is 9.15 Å². The van der Waals surface area contributed by atoms with Gasteiger partial charge in [-0.1, -0.05) is 6.92 Å². The van der Waals surface area contributed by atoms with E-state index < -0.39 is 0 Å². The van der Waals surface area contributed by atoms with Crippen LogP contribution in [-0.4, -0.2) is 53.6 Å². The number of nitrogens with zero attached hydrogens (tertiary/aromatic N) is 4. The standard InChI is InChI=1S/C17H22N4O3/c1-3-9-24-16-15(18-6-7-19-16)21-8-4-14(11-21)20(2)17(22)13-5-10-23-12-13/h5-7,10,12,14H,3-4,8-9,11H2,1-2H3/t14-/m1/s1. The second-order valence-corrected chi connectivity index (χ2v) is 5.85. The highest BCUT2D eigenvalue weighted by atomic mass is 16.5. The summed E-state index contributed by atoms with van der Waals surface area (Å²) in [7, 11) is 1.83. The fourth-order valence-corrected chi connectivity index (χ4v) is 2.84. The smallest absolute Gasteiger partial charge is 0.257 e. The molecule has 7 heteroatoms. The molecule has 128 valence electrons. The van der Waals surface area contributed by atoms with Gasteiger partial charge in [-0.05, 0) is 18.9 Å². The van der Waals surface area contributed by atoms with Crippen molar-refractivity contribution in [1.29, 1.82) is 0 Å². The Morgan fingerprint density at radius 2 is 2.29 bits per heavy atom. The Morgan fingerprint density at radius 3 is 3.04 bits per heavy atom. The molecule has 2 aromatic rings. The van der Waals surface area contributed by atoms with E-state index in [-0.39, 0.29) is 11.9 Å². The van der Waals surface area contributed by atoms with Crippen LogP contribution in [0.4, 0.5) is 5.82 Å². The summed E-state index contributed by atoms with van der Waals surface area (Å²) in [4.78, 5) is 25.0. The van der Waals surface area contributed by atoms with Gasteiger partial charge in [-0.15, -0.1) is 0 Å². The fourth-order valence-electron chi connectivity index (χ4n) is 2.84. The SMILES string of the molecule is CCCOc1nccnc1N1CC[C@@H](N(C)C(=O)c2ccoc2)C1. The quantitative estimate of drug-likeness (QED) is 0.809. The van der Waals surface area contributed by atoms with Gasteiger partial charge in [0.25, 0.3) is 11.8 Å². The number of anilines is 1. The second kappa shape index (κ2) is 7.33. The van der Waals surface area contributed by atoms with Crippen LogP contribution in [0.3, 0.4) is 0 Å². The Morgan fingerprint density at radius 1 is 1.46 bits per heavy atom. The molecule has 1 atom stereocenters. The minimum atomic E-state index is -0.0304. The number of carbonyl (C=O) groups is 1. The normalized spacial score (nSPS) is 17.1. The highest BCUT2D eigenvalue weighted by Crippen LogP contribution is 2.28. The van der Waals surface area contributed by atoms with Crippen molar-refractivity contribution in [2.24, 2.45) is 0 Å². The van der Waals surface area contributed by atoms with E-state index in [9.17, 15) is 4.79 Å². The summed E-state index contributed by atoms with van der Waals surface area (Å²) in [6.45, 7) is 4.19. The Kier molecular flexibility index (Phi) is 4.98. The molecule has 0 aromatic carbocycles. The predicted octanol–water partition coefficient (Wildman–Crippen LogP) is 2.21. The van der Waals surface area contributed by atoms with Crippen LogP contribution in [0.2, 0.25) is 0 Å². The second-order valence-electron chi connectivity index (χ2n) is 5.85. The lowest BCUT2D eigenvalue weighted by Gasteiger charge is -2.25. The van der Waals surface area contributed by atoms with Gasteiger partial charge in [0, 0.05) is 32.5 Å². The molecule has 0 bridgehead atoms. The number of amides is 1. The zero-order valence-electron chi connectivity index (χ0n) is 14.0. The molecule has 1 fully saturated rings. The van der Waals surface area contributed by atoms with Crippen LogP contribution >= 0.6 is 0 Å². The van der Waals surface area contributed by atoms with Gasteiger partial charge in [0.15, 0.2) is 5.82 Å². The summed E-state index contributed by atoms with van der Waals surface area (Å²) in [5.74, 6) is 1.28.